The van der Waals surface area contributed by atoms with E-state index < -0.39 is 5.92 Å². The van der Waals surface area contributed by atoms with Crippen LogP contribution in [0.3, 0.4) is 0 Å². The van der Waals surface area contributed by atoms with Gasteiger partial charge in [0.15, 0.2) is 16.8 Å². The quantitative estimate of drug-likeness (QED) is 0.450. The number of hydrogen-bond donors (Lipinski definition) is 1. The number of nitrogens with zero attached hydrogens (tertiary/aromatic N) is 4. The zero-order chi connectivity index (χ0) is 20.8. The highest BCUT2D eigenvalue weighted by molar-refractivity contribution is 7.99. The number of Topliss-reactive ketones (excluding diaryl/α,β-unsaturated/α-hetero) is 1. The standard InChI is InChI=1S/C21H18FN5OS/c1-14(24)18(11-23)19(28)13-29-21-26-25-20(16-7-9-17(22)10-8-16)27(21)12-15-5-3-2-4-6-15/h2-10,18,24H,12-13H2,1H3. The average molecular weight is 407 g/mol. The number of halogens is 1. The predicted octanol–water partition coefficient (Wildman–Crippen LogP) is 3.97. The first-order valence-electron chi connectivity index (χ1n) is 8.83. The SMILES string of the molecule is CC(=N)C(C#N)C(=O)CSc1nnc(-c2ccc(F)cc2)n1Cc1ccccc1. The number of aromatic nitrogens is 3. The normalized spacial score (nSPS) is 11.6. The molecule has 1 heterocycles. The average Bonchev–Trinajstić information content (AvgIpc) is 3.10. The van der Waals surface area contributed by atoms with Crippen LogP contribution < -0.4 is 0 Å². The first-order chi connectivity index (χ1) is 14.0. The van der Waals surface area contributed by atoms with Gasteiger partial charge in [-0.05, 0) is 36.8 Å². The molecule has 1 N–H and O–H groups in total. The molecular weight excluding hydrogens is 389 g/mol. The molecule has 0 bridgehead atoms. The zero-order valence-corrected chi connectivity index (χ0v) is 16.5. The van der Waals surface area contributed by atoms with Crippen LogP contribution in [-0.2, 0) is 11.3 Å². The molecule has 0 amide bonds. The highest BCUT2D eigenvalue weighted by Gasteiger charge is 2.22. The van der Waals surface area contributed by atoms with Gasteiger partial charge in [0.1, 0.15) is 11.7 Å². The van der Waals surface area contributed by atoms with Crippen molar-refractivity contribution >= 4 is 23.3 Å². The summed E-state index contributed by atoms with van der Waals surface area (Å²) in [6, 6.07) is 17.6. The molecule has 146 valence electrons. The third kappa shape index (κ3) is 4.95. The van der Waals surface area contributed by atoms with Crippen LogP contribution in [0.1, 0.15) is 12.5 Å². The van der Waals surface area contributed by atoms with Gasteiger partial charge in [-0.15, -0.1) is 10.2 Å². The number of nitriles is 1. The van der Waals surface area contributed by atoms with E-state index in [1.54, 1.807) is 12.1 Å². The molecule has 0 fully saturated rings. The Morgan fingerprint density at radius 1 is 1.21 bits per heavy atom. The summed E-state index contributed by atoms with van der Waals surface area (Å²) >= 11 is 1.17. The molecule has 6 nitrogen and oxygen atoms in total. The van der Waals surface area contributed by atoms with Crippen molar-refractivity contribution in [3.63, 3.8) is 0 Å². The number of thioether (sulfide) groups is 1. The molecule has 3 rings (SSSR count). The number of carbonyl (C=O) groups is 1. The predicted molar refractivity (Wildman–Crippen MR) is 109 cm³/mol. The minimum atomic E-state index is -1.05. The summed E-state index contributed by atoms with van der Waals surface area (Å²) in [5, 5.41) is 25.6. The lowest BCUT2D eigenvalue weighted by molar-refractivity contribution is -0.117. The summed E-state index contributed by atoms with van der Waals surface area (Å²) < 4.78 is 15.2. The molecule has 1 atom stereocenters. The molecule has 3 aromatic rings. The number of benzene rings is 2. The lowest BCUT2D eigenvalue weighted by atomic mass is 10.0. The van der Waals surface area contributed by atoms with Crippen LogP contribution in [0.4, 0.5) is 4.39 Å². The third-order valence-corrected chi connectivity index (χ3v) is 5.22. The number of carbonyl (C=O) groups excluding carboxylic acids is 1. The minimum absolute atomic E-state index is 0.00475. The molecule has 1 aromatic heterocycles. The van der Waals surface area contributed by atoms with Gasteiger partial charge in [-0.2, -0.15) is 5.26 Å². The van der Waals surface area contributed by atoms with Crippen LogP contribution in [0.2, 0.25) is 0 Å². The van der Waals surface area contributed by atoms with Crippen molar-refractivity contribution < 1.29 is 9.18 Å². The topological polar surface area (TPSA) is 95.4 Å². The van der Waals surface area contributed by atoms with E-state index in [2.05, 4.69) is 10.2 Å². The van der Waals surface area contributed by atoms with Gasteiger partial charge in [-0.1, -0.05) is 42.1 Å². The maximum absolute atomic E-state index is 13.3. The van der Waals surface area contributed by atoms with Gasteiger partial charge in [0.2, 0.25) is 0 Å². The summed E-state index contributed by atoms with van der Waals surface area (Å²) in [5.74, 6) is -1.17. The fourth-order valence-electron chi connectivity index (χ4n) is 2.75. The Morgan fingerprint density at radius 3 is 2.52 bits per heavy atom. The molecule has 2 aromatic carbocycles. The van der Waals surface area contributed by atoms with Gasteiger partial charge in [-0.25, -0.2) is 4.39 Å². The third-order valence-electron chi connectivity index (χ3n) is 4.23. The minimum Gasteiger partial charge on any atom is -0.308 e. The Morgan fingerprint density at radius 2 is 1.90 bits per heavy atom. The first-order valence-corrected chi connectivity index (χ1v) is 9.81. The number of ketones is 1. The van der Waals surface area contributed by atoms with E-state index in [1.165, 1.54) is 30.8 Å². The lowest BCUT2D eigenvalue weighted by Gasteiger charge is -2.11. The molecule has 0 saturated heterocycles. The second-order valence-corrected chi connectivity index (χ2v) is 7.33. The van der Waals surface area contributed by atoms with Crippen LogP contribution in [0, 0.1) is 28.5 Å². The monoisotopic (exact) mass is 407 g/mol. The summed E-state index contributed by atoms with van der Waals surface area (Å²) in [5.41, 5.74) is 1.75. The Hall–Kier alpha value is -3.31. The maximum Gasteiger partial charge on any atom is 0.192 e. The Bertz CT molecular complexity index is 1060. The molecule has 0 saturated carbocycles. The molecular formula is C21H18FN5OS. The van der Waals surface area contributed by atoms with Crippen LogP contribution in [0.25, 0.3) is 11.4 Å². The molecule has 0 aliphatic heterocycles. The Labute approximate surface area is 171 Å². The van der Waals surface area contributed by atoms with E-state index in [9.17, 15) is 9.18 Å². The molecule has 0 aliphatic rings. The lowest BCUT2D eigenvalue weighted by Crippen LogP contribution is -2.21. The van der Waals surface area contributed by atoms with Crippen LogP contribution in [-0.4, -0.2) is 32.0 Å². The zero-order valence-electron chi connectivity index (χ0n) is 15.7. The van der Waals surface area contributed by atoms with Gasteiger partial charge in [0.05, 0.1) is 18.4 Å². The van der Waals surface area contributed by atoms with Gasteiger partial charge in [-0.3, -0.25) is 9.36 Å². The van der Waals surface area contributed by atoms with Gasteiger partial charge in [0, 0.05) is 11.3 Å². The van der Waals surface area contributed by atoms with Crippen molar-refractivity contribution in [1.29, 1.82) is 10.7 Å². The molecule has 0 radical (unpaired) electrons. The first kappa shape index (κ1) is 20.4. The Kier molecular flexibility index (Phi) is 6.52. The maximum atomic E-state index is 13.3. The van der Waals surface area contributed by atoms with Gasteiger partial charge < -0.3 is 5.41 Å². The molecule has 0 aliphatic carbocycles. The van der Waals surface area contributed by atoms with Crippen LogP contribution in [0.15, 0.2) is 59.8 Å². The highest BCUT2D eigenvalue weighted by atomic mass is 32.2. The summed E-state index contributed by atoms with van der Waals surface area (Å²) in [6.07, 6.45) is 0. The Balaban J connectivity index is 1.90. The van der Waals surface area contributed by atoms with E-state index in [0.29, 0.717) is 23.1 Å². The van der Waals surface area contributed by atoms with Crippen molar-refractivity contribution in [2.45, 2.75) is 18.6 Å². The van der Waals surface area contributed by atoms with Crippen molar-refractivity contribution in [3.8, 4) is 17.5 Å². The van der Waals surface area contributed by atoms with Gasteiger partial charge >= 0.3 is 0 Å². The van der Waals surface area contributed by atoms with Crippen molar-refractivity contribution in [2.75, 3.05) is 5.75 Å². The van der Waals surface area contributed by atoms with Crippen molar-refractivity contribution in [2.24, 2.45) is 5.92 Å². The van der Waals surface area contributed by atoms with Crippen molar-refractivity contribution in [3.05, 3.63) is 66.0 Å². The van der Waals surface area contributed by atoms with E-state index >= 15 is 0 Å². The van der Waals surface area contributed by atoms with Gasteiger partial charge in [0.25, 0.3) is 0 Å². The summed E-state index contributed by atoms with van der Waals surface area (Å²) in [4.78, 5) is 12.3. The summed E-state index contributed by atoms with van der Waals surface area (Å²) in [6.45, 7) is 1.92. The largest absolute Gasteiger partial charge is 0.308 e. The second-order valence-electron chi connectivity index (χ2n) is 6.38. The van der Waals surface area contributed by atoms with E-state index in [4.69, 9.17) is 10.7 Å². The number of rotatable bonds is 8. The number of nitrogens with one attached hydrogen (secondary N) is 1. The van der Waals surface area contributed by atoms with Crippen LogP contribution in [0.5, 0.6) is 0 Å². The number of hydrogen-bond acceptors (Lipinski definition) is 6. The van der Waals surface area contributed by atoms with Crippen molar-refractivity contribution in [1.82, 2.24) is 14.8 Å². The summed E-state index contributed by atoms with van der Waals surface area (Å²) in [7, 11) is 0. The van der Waals surface area contributed by atoms with E-state index in [1.807, 2.05) is 41.0 Å². The van der Waals surface area contributed by atoms with E-state index in [-0.39, 0.29) is 23.1 Å². The highest BCUT2D eigenvalue weighted by Crippen LogP contribution is 2.26. The molecule has 0 spiro atoms. The molecule has 8 heteroatoms. The smallest absolute Gasteiger partial charge is 0.192 e. The molecule has 1 unspecified atom stereocenters. The molecule has 29 heavy (non-hydrogen) atoms. The fraction of sp³-hybridized carbons (Fsp3) is 0.190. The fourth-order valence-corrected chi connectivity index (χ4v) is 3.59. The second kappa shape index (κ2) is 9.26. The van der Waals surface area contributed by atoms with E-state index in [0.717, 1.165) is 5.56 Å². The van der Waals surface area contributed by atoms with Crippen LogP contribution >= 0.6 is 11.8 Å².